The molecular weight excluding hydrogens is 190 g/mol. The molecule has 0 aromatic heterocycles. The molecule has 1 aromatic rings. The van der Waals surface area contributed by atoms with Gasteiger partial charge in [-0.15, -0.1) is 0 Å². The molecule has 1 fully saturated rings. The standard InChI is InChI=1S/C12H13NO2/c1-7-9(14)4-3-8-10(7)12(5-2-6-12)11(15)13-8/h3-4,14H,2,5-6H2,1H3,(H,13,15). The monoisotopic (exact) mass is 203 g/mol. The Morgan fingerprint density at radius 1 is 1.40 bits per heavy atom. The van der Waals surface area contributed by atoms with Crippen LogP contribution in [0.5, 0.6) is 5.75 Å². The van der Waals surface area contributed by atoms with E-state index >= 15 is 0 Å². The quantitative estimate of drug-likeness (QED) is 0.634. The van der Waals surface area contributed by atoms with Gasteiger partial charge in [-0.05, 0) is 43.0 Å². The molecule has 3 heteroatoms. The van der Waals surface area contributed by atoms with Crippen molar-refractivity contribution in [3.63, 3.8) is 0 Å². The summed E-state index contributed by atoms with van der Waals surface area (Å²) < 4.78 is 0. The Morgan fingerprint density at radius 2 is 2.13 bits per heavy atom. The highest BCUT2D eigenvalue weighted by molar-refractivity contribution is 6.07. The summed E-state index contributed by atoms with van der Waals surface area (Å²) in [7, 11) is 0. The van der Waals surface area contributed by atoms with Gasteiger partial charge in [0, 0.05) is 5.69 Å². The molecule has 0 saturated heterocycles. The van der Waals surface area contributed by atoms with Gasteiger partial charge in [0.1, 0.15) is 5.75 Å². The van der Waals surface area contributed by atoms with Crippen molar-refractivity contribution < 1.29 is 9.90 Å². The SMILES string of the molecule is Cc1c(O)ccc2c1C1(CCC1)C(=O)N2. The van der Waals surface area contributed by atoms with Crippen LogP contribution in [-0.2, 0) is 10.2 Å². The maximum atomic E-state index is 11.9. The van der Waals surface area contributed by atoms with Gasteiger partial charge in [0.15, 0.2) is 0 Å². The number of carbonyl (C=O) groups is 1. The van der Waals surface area contributed by atoms with Crippen molar-refractivity contribution in [2.75, 3.05) is 5.32 Å². The summed E-state index contributed by atoms with van der Waals surface area (Å²) >= 11 is 0. The van der Waals surface area contributed by atoms with Gasteiger partial charge in [-0.2, -0.15) is 0 Å². The molecule has 1 aromatic carbocycles. The molecule has 3 rings (SSSR count). The van der Waals surface area contributed by atoms with Crippen molar-refractivity contribution in [1.29, 1.82) is 0 Å². The van der Waals surface area contributed by atoms with Crippen LogP contribution in [0.2, 0.25) is 0 Å². The number of benzene rings is 1. The molecule has 1 saturated carbocycles. The van der Waals surface area contributed by atoms with Gasteiger partial charge in [0.25, 0.3) is 0 Å². The second kappa shape index (κ2) is 2.54. The molecule has 0 radical (unpaired) electrons. The third kappa shape index (κ3) is 0.881. The summed E-state index contributed by atoms with van der Waals surface area (Å²) in [5.74, 6) is 0.397. The van der Waals surface area contributed by atoms with E-state index in [4.69, 9.17) is 0 Å². The van der Waals surface area contributed by atoms with Gasteiger partial charge < -0.3 is 10.4 Å². The average Bonchev–Trinajstić information content (AvgIpc) is 2.44. The van der Waals surface area contributed by atoms with Crippen LogP contribution in [0.3, 0.4) is 0 Å². The van der Waals surface area contributed by atoms with Crippen molar-refractivity contribution in [2.45, 2.75) is 31.6 Å². The highest BCUT2D eigenvalue weighted by Crippen LogP contribution is 2.53. The fraction of sp³-hybridized carbons (Fsp3) is 0.417. The smallest absolute Gasteiger partial charge is 0.235 e. The van der Waals surface area contributed by atoms with E-state index in [-0.39, 0.29) is 17.1 Å². The largest absolute Gasteiger partial charge is 0.508 e. The second-order valence-corrected chi connectivity index (χ2v) is 4.52. The highest BCUT2D eigenvalue weighted by atomic mass is 16.3. The number of phenols is 1. The molecular formula is C12H13NO2. The normalized spacial score (nSPS) is 21.0. The van der Waals surface area contributed by atoms with E-state index in [0.717, 1.165) is 36.1 Å². The molecule has 1 amide bonds. The van der Waals surface area contributed by atoms with E-state index < -0.39 is 0 Å². The van der Waals surface area contributed by atoms with E-state index in [0.29, 0.717) is 0 Å². The highest BCUT2D eigenvalue weighted by Gasteiger charge is 2.52. The first-order chi connectivity index (χ1) is 7.15. The molecule has 78 valence electrons. The number of rotatable bonds is 0. The van der Waals surface area contributed by atoms with Gasteiger partial charge >= 0.3 is 0 Å². The molecule has 2 N–H and O–H groups in total. The average molecular weight is 203 g/mol. The second-order valence-electron chi connectivity index (χ2n) is 4.52. The minimum absolute atomic E-state index is 0.109. The zero-order valence-electron chi connectivity index (χ0n) is 8.63. The first kappa shape index (κ1) is 8.77. The minimum Gasteiger partial charge on any atom is -0.508 e. The first-order valence-electron chi connectivity index (χ1n) is 5.30. The van der Waals surface area contributed by atoms with Crippen LogP contribution in [0.25, 0.3) is 0 Å². The number of nitrogens with one attached hydrogen (secondary N) is 1. The first-order valence-corrected chi connectivity index (χ1v) is 5.30. The maximum Gasteiger partial charge on any atom is 0.235 e. The zero-order chi connectivity index (χ0) is 10.6. The van der Waals surface area contributed by atoms with Crippen LogP contribution >= 0.6 is 0 Å². The van der Waals surface area contributed by atoms with Gasteiger partial charge in [0.2, 0.25) is 5.91 Å². The number of hydrogen-bond donors (Lipinski definition) is 2. The Kier molecular flexibility index (Phi) is 1.48. The lowest BCUT2D eigenvalue weighted by molar-refractivity contribution is -0.123. The molecule has 1 heterocycles. The Labute approximate surface area is 88.1 Å². The van der Waals surface area contributed by atoms with Crippen LogP contribution in [0.4, 0.5) is 5.69 Å². The van der Waals surface area contributed by atoms with Crippen LogP contribution in [0.15, 0.2) is 12.1 Å². The molecule has 15 heavy (non-hydrogen) atoms. The summed E-state index contributed by atoms with van der Waals surface area (Å²) in [4.78, 5) is 11.9. The Morgan fingerprint density at radius 3 is 2.73 bits per heavy atom. The topological polar surface area (TPSA) is 49.3 Å². The van der Waals surface area contributed by atoms with Gasteiger partial charge in [-0.1, -0.05) is 6.42 Å². The zero-order valence-corrected chi connectivity index (χ0v) is 8.63. The minimum atomic E-state index is -0.321. The third-order valence-corrected chi connectivity index (χ3v) is 3.80. The number of phenolic OH excluding ortho intramolecular Hbond substituents is 1. The molecule has 3 nitrogen and oxygen atoms in total. The predicted molar refractivity (Wildman–Crippen MR) is 57.0 cm³/mol. The number of anilines is 1. The van der Waals surface area contributed by atoms with Crippen LogP contribution in [0, 0.1) is 6.92 Å². The van der Waals surface area contributed by atoms with Gasteiger partial charge in [-0.3, -0.25) is 4.79 Å². The molecule has 0 unspecified atom stereocenters. The van der Waals surface area contributed by atoms with Crippen molar-refractivity contribution in [1.82, 2.24) is 0 Å². The van der Waals surface area contributed by atoms with Crippen LogP contribution < -0.4 is 5.32 Å². The summed E-state index contributed by atoms with van der Waals surface area (Å²) in [6.07, 6.45) is 2.92. The Balaban J connectivity index is 2.27. The van der Waals surface area contributed by atoms with Crippen molar-refractivity contribution in [3.8, 4) is 5.75 Å². The van der Waals surface area contributed by atoms with E-state index in [1.54, 1.807) is 12.1 Å². The number of aromatic hydroxyl groups is 1. The number of hydrogen-bond acceptors (Lipinski definition) is 2. The Bertz CT molecular complexity index is 461. The number of carbonyl (C=O) groups excluding carboxylic acids is 1. The van der Waals surface area contributed by atoms with E-state index in [1.165, 1.54) is 0 Å². The summed E-state index contributed by atoms with van der Waals surface area (Å²) in [6, 6.07) is 3.44. The molecule has 2 aliphatic rings. The predicted octanol–water partition coefficient (Wildman–Crippen LogP) is 2.07. The van der Waals surface area contributed by atoms with Gasteiger partial charge in [-0.25, -0.2) is 0 Å². The van der Waals surface area contributed by atoms with E-state index in [2.05, 4.69) is 5.32 Å². The number of amides is 1. The van der Waals surface area contributed by atoms with Crippen molar-refractivity contribution in [2.24, 2.45) is 0 Å². The van der Waals surface area contributed by atoms with E-state index in [1.807, 2.05) is 6.92 Å². The molecule has 1 aliphatic carbocycles. The van der Waals surface area contributed by atoms with Crippen LogP contribution in [-0.4, -0.2) is 11.0 Å². The number of fused-ring (bicyclic) bond motifs is 2. The molecule has 0 atom stereocenters. The molecule has 1 aliphatic heterocycles. The van der Waals surface area contributed by atoms with Crippen molar-refractivity contribution in [3.05, 3.63) is 23.3 Å². The van der Waals surface area contributed by atoms with E-state index in [9.17, 15) is 9.90 Å². The lowest BCUT2D eigenvalue weighted by Crippen LogP contribution is -2.41. The lowest BCUT2D eigenvalue weighted by Gasteiger charge is -2.37. The fourth-order valence-corrected chi connectivity index (χ4v) is 2.78. The van der Waals surface area contributed by atoms with Gasteiger partial charge in [0.05, 0.1) is 5.41 Å². The summed E-state index contributed by atoms with van der Waals surface area (Å²) in [5.41, 5.74) is 2.44. The summed E-state index contributed by atoms with van der Waals surface area (Å²) in [6.45, 7) is 1.88. The third-order valence-electron chi connectivity index (χ3n) is 3.80. The summed E-state index contributed by atoms with van der Waals surface area (Å²) in [5, 5.41) is 12.6. The molecule has 1 spiro atoms. The maximum absolute atomic E-state index is 11.9. The Hall–Kier alpha value is -1.51. The lowest BCUT2D eigenvalue weighted by atomic mass is 9.64. The van der Waals surface area contributed by atoms with Crippen LogP contribution in [0.1, 0.15) is 30.4 Å². The molecule has 0 bridgehead atoms. The fourth-order valence-electron chi connectivity index (χ4n) is 2.78. The van der Waals surface area contributed by atoms with Crippen molar-refractivity contribution >= 4 is 11.6 Å².